The van der Waals surface area contributed by atoms with Crippen LogP contribution in [0.15, 0.2) is 85.5 Å². The van der Waals surface area contributed by atoms with E-state index in [4.69, 9.17) is 0 Å². The highest BCUT2D eigenvalue weighted by molar-refractivity contribution is 5.94. The summed E-state index contributed by atoms with van der Waals surface area (Å²) in [5.41, 5.74) is 10.1. The lowest BCUT2D eigenvalue weighted by Crippen LogP contribution is -2.26. The van der Waals surface area contributed by atoms with Gasteiger partial charge in [-0.2, -0.15) is 10.5 Å². The number of pyridine rings is 2. The van der Waals surface area contributed by atoms with Gasteiger partial charge in [0.25, 0.3) is 0 Å². The summed E-state index contributed by atoms with van der Waals surface area (Å²) in [6, 6.07) is 25.9. The Kier molecular flexibility index (Phi) is 10.7. The van der Waals surface area contributed by atoms with Gasteiger partial charge in [-0.15, -0.1) is 0 Å². The number of hydrogen-bond donors (Lipinski definition) is 0. The Morgan fingerprint density at radius 1 is 0.600 bits per heavy atom. The molecule has 226 valence electrons. The third kappa shape index (κ3) is 7.13. The Bertz CT molecular complexity index is 1610. The van der Waals surface area contributed by atoms with Gasteiger partial charge in [-0.1, -0.05) is 89.5 Å². The van der Waals surface area contributed by atoms with Gasteiger partial charge >= 0.3 is 0 Å². The van der Waals surface area contributed by atoms with Gasteiger partial charge in [0.05, 0.1) is 23.3 Å². The Hall–Kier alpha value is -4.80. The maximum atomic E-state index is 10.3. The highest BCUT2D eigenvalue weighted by Gasteiger charge is 2.42. The molecular formula is C41H42N4. The number of nitriles is 2. The van der Waals surface area contributed by atoms with E-state index in [0.29, 0.717) is 11.1 Å². The number of allylic oxidation sites excluding steroid dienone is 2. The maximum absolute atomic E-state index is 10.3. The van der Waals surface area contributed by atoms with Crippen LogP contribution in [0.4, 0.5) is 0 Å². The topological polar surface area (TPSA) is 73.4 Å². The fraction of sp³-hybridized carbons (Fsp3) is 0.317. The van der Waals surface area contributed by atoms with Crippen LogP contribution in [-0.2, 0) is 5.41 Å². The molecule has 2 heterocycles. The molecule has 45 heavy (non-hydrogen) atoms. The normalized spacial score (nSPS) is 13.5. The molecule has 0 radical (unpaired) electrons. The lowest BCUT2D eigenvalue weighted by molar-refractivity contribution is 0.401. The van der Waals surface area contributed by atoms with Crippen LogP contribution in [0.3, 0.4) is 0 Å². The Morgan fingerprint density at radius 3 is 1.40 bits per heavy atom. The van der Waals surface area contributed by atoms with Gasteiger partial charge in [0.15, 0.2) is 0 Å². The van der Waals surface area contributed by atoms with Crippen LogP contribution in [-0.4, -0.2) is 9.97 Å². The van der Waals surface area contributed by atoms with Crippen LogP contribution < -0.4 is 0 Å². The van der Waals surface area contributed by atoms with Gasteiger partial charge < -0.3 is 0 Å². The average molecular weight is 591 g/mol. The van der Waals surface area contributed by atoms with Crippen molar-refractivity contribution < 1.29 is 0 Å². The molecule has 0 N–H and O–H groups in total. The molecule has 4 nitrogen and oxygen atoms in total. The molecular weight excluding hydrogens is 548 g/mol. The first-order chi connectivity index (χ1) is 22.1. The number of nitrogens with zero attached hydrogens (tertiary/aromatic N) is 4. The fourth-order valence-corrected chi connectivity index (χ4v) is 6.81. The van der Waals surface area contributed by atoms with Gasteiger partial charge in [0.1, 0.15) is 0 Å². The van der Waals surface area contributed by atoms with E-state index in [1.807, 2.05) is 36.4 Å². The van der Waals surface area contributed by atoms with Gasteiger partial charge in [-0.3, -0.25) is 9.97 Å². The number of aromatic nitrogens is 2. The molecule has 5 rings (SSSR count). The molecule has 0 saturated heterocycles. The molecule has 0 atom stereocenters. The summed E-state index contributed by atoms with van der Waals surface area (Å²) in [6.45, 7) is 4.52. The number of rotatable bonds is 14. The molecule has 0 unspecified atom stereocenters. The monoisotopic (exact) mass is 590 g/mol. The van der Waals surface area contributed by atoms with Crippen molar-refractivity contribution in [3.63, 3.8) is 0 Å². The molecule has 0 amide bonds. The molecule has 4 heteroatoms. The van der Waals surface area contributed by atoms with Gasteiger partial charge in [-0.05, 0) is 106 Å². The molecule has 0 spiro atoms. The first-order valence-corrected chi connectivity index (χ1v) is 16.5. The van der Waals surface area contributed by atoms with Crippen molar-refractivity contribution in [3.8, 4) is 23.3 Å². The van der Waals surface area contributed by atoms with Crippen molar-refractivity contribution >= 4 is 23.3 Å². The van der Waals surface area contributed by atoms with E-state index < -0.39 is 0 Å². The number of benzene rings is 2. The Balaban J connectivity index is 1.66. The standard InChI is InChI=1S/C41H42N4/c1-3-5-7-9-19-41(20-10-8-6-4-2)39-27-33(35(29-42)25-31-15-21-44-22-16-31)11-13-37(39)38-14-12-34(28-40(38)41)36(30-43)26-32-17-23-45-24-18-32/h11-18,21-28H,3-10,19-20H2,1-2H3/b35-25-,36-26-. The van der Waals surface area contributed by atoms with Crippen LogP contribution in [0.1, 0.15) is 111 Å². The first-order valence-electron chi connectivity index (χ1n) is 16.5. The zero-order chi connectivity index (χ0) is 31.5. The molecule has 0 aliphatic heterocycles. The molecule has 2 aromatic heterocycles. The minimum Gasteiger partial charge on any atom is -0.265 e. The summed E-state index contributed by atoms with van der Waals surface area (Å²) in [4.78, 5) is 8.27. The van der Waals surface area contributed by atoms with Gasteiger partial charge in [0, 0.05) is 30.2 Å². The third-order valence-electron chi connectivity index (χ3n) is 9.17. The molecule has 0 fully saturated rings. The predicted octanol–water partition coefficient (Wildman–Crippen LogP) is 10.8. The molecule has 0 bridgehead atoms. The zero-order valence-electron chi connectivity index (χ0n) is 26.6. The van der Waals surface area contributed by atoms with E-state index >= 15 is 0 Å². The molecule has 2 aromatic carbocycles. The summed E-state index contributed by atoms with van der Waals surface area (Å²) in [5.74, 6) is 0. The van der Waals surface area contributed by atoms with Crippen LogP contribution in [0.5, 0.6) is 0 Å². The fourth-order valence-electron chi connectivity index (χ4n) is 6.81. The quantitative estimate of drug-likeness (QED) is 0.108. The SMILES string of the molecule is CCCCCCC1(CCCCCC)c2cc(/C(C#N)=C\c3ccncc3)ccc2-c2ccc(/C(C#N)=C\c3ccncc3)cc21. The third-order valence-corrected chi connectivity index (χ3v) is 9.17. The van der Waals surface area contributed by atoms with Crippen LogP contribution in [0.2, 0.25) is 0 Å². The van der Waals surface area contributed by atoms with E-state index in [1.165, 1.54) is 60.8 Å². The smallest absolute Gasteiger partial charge is 0.0998 e. The second kappa shape index (κ2) is 15.3. The Morgan fingerprint density at radius 2 is 1.02 bits per heavy atom. The van der Waals surface area contributed by atoms with Crippen molar-refractivity contribution in [2.75, 3.05) is 0 Å². The minimum absolute atomic E-state index is 0.174. The van der Waals surface area contributed by atoms with Gasteiger partial charge in [0.2, 0.25) is 0 Å². The number of fused-ring (bicyclic) bond motifs is 3. The second-order valence-corrected chi connectivity index (χ2v) is 12.1. The predicted molar refractivity (Wildman–Crippen MR) is 186 cm³/mol. The summed E-state index contributed by atoms with van der Waals surface area (Å²) in [7, 11) is 0. The van der Waals surface area contributed by atoms with E-state index in [9.17, 15) is 10.5 Å². The van der Waals surface area contributed by atoms with E-state index in [-0.39, 0.29) is 5.41 Å². The van der Waals surface area contributed by atoms with Crippen molar-refractivity contribution in [1.29, 1.82) is 10.5 Å². The first kappa shape index (κ1) is 31.6. The number of hydrogen-bond acceptors (Lipinski definition) is 4. The molecule has 0 saturated carbocycles. The zero-order valence-corrected chi connectivity index (χ0v) is 26.6. The minimum atomic E-state index is -0.174. The van der Waals surface area contributed by atoms with E-state index in [2.05, 4.69) is 72.4 Å². The van der Waals surface area contributed by atoms with Crippen molar-refractivity contribution in [2.45, 2.75) is 83.5 Å². The summed E-state index contributed by atoms with van der Waals surface area (Å²) in [6.07, 6.45) is 22.6. The summed E-state index contributed by atoms with van der Waals surface area (Å²) >= 11 is 0. The van der Waals surface area contributed by atoms with Crippen molar-refractivity contribution in [3.05, 3.63) is 119 Å². The van der Waals surface area contributed by atoms with Crippen molar-refractivity contribution in [1.82, 2.24) is 9.97 Å². The van der Waals surface area contributed by atoms with E-state index in [1.54, 1.807) is 24.8 Å². The van der Waals surface area contributed by atoms with Crippen molar-refractivity contribution in [2.24, 2.45) is 0 Å². The van der Waals surface area contributed by atoms with Crippen LogP contribution in [0.25, 0.3) is 34.4 Å². The molecule has 1 aliphatic carbocycles. The summed E-state index contributed by atoms with van der Waals surface area (Å²) < 4.78 is 0. The number of unbranched alkanes of at least 4 members (excludes halogenated alkanes) is 6. The highest BCUT2D eigenvalue weighted by atomic mass is 14.6. The van der Waals surface area contributed by atoms with Crippen LogP contribution >= 0.6 is 0 Å². The lowest BCUT2D eigenvalue weighted by Gasteiger charge is -2.33. The van der Waals surface area contributed by atoms with Gasteiger partial charge in [-0.25, -0.2) is 0 Å². The molecule has 4 aromatic rings. The molecule has 1 aliphatic rings. The lowest BCUT2D eigenvalue weighted by atomic mass is 9.70. The Labute approximate surface area is 268 Å². The van der Waals surface area contributed by atoms with Crippen LogP contribution in [0, 0.1) is 22.7 Å². The average Bonchev–Trinajstić information content (AvgIpc) is 3.35. The second-order valence-electron chi connectivity index (χ2n) is 12.1. The maximum Gasteiger partial charge on any atom is 0.0998 e. The largest absolute Gasteiger partial charge is 0.265 e. The summed E-state index contributed by atoms with van der Waals surface area (Å²) in [5, 5.41) is 20.5. The highest BCUT2D eigenvalue weighted by Crippen LogP contribution is 2.55. The van der Waals surface area contributed by atoms with E-state index in [0.717, 1.165) is 47.9 Å².